The van der Waals surface area contributed by atoms with Crippen molar-refractivity contribution in [3.8, 4) is 0 Å². The van der Waals surface area contributed by atoms with Crippen LogP contribution in [0.15, 0.2) is 15.0 Å². The third-order valence-electron chi connectivity index (χ3n) is 5.56. The Morgan fingerprint density at radius 2 is 0.838 bits per heavy atom. The maximum absolute atomic E-state index is 13.7. The fourth-order valence-corrected chi connectivity index (χ4v) is 5.21. The molecule has 11 nitrogen and oxygen atoms in total. The standard InChI is InChI=1S/C26H44N6O5/c1-21(2,27-16-33)13-24(7,8)30-19(36)32(26(11,12)15-23(5,6)29-18-35)20(37)31-25(9,10)14-22(3,4)28-17-34/h13-15H2,1-12H3,(H,30,36)(H,31,37). The summed E-state index contributed by atoms with van der Waals surface area (Å²) in [5.74, 6) is 0. The molecule has 0 unspecified atom stereocenters. The molecule has 0 rings (SSSR count). The van der Waals surface area contributed by atoms with Crippen molar-refractivity contribution in [2.75, 3.05) is 0 Å². The average Bonchev–Trinajstić information content (AvgIpc) is 2.55. The highest BCUT2D eigenvalue weighted by Gasteiger charge is 2.44. The van der Waals surface area contributed by atoms with Gasteiger partial charge in [0.05, 0.1) is 22.2 Å². The lowest BCUT2D eigenvalue weighted by Crippen LogP contribution is -2.64. The minimum atomic E-state index is -1.10. The van der Waals surface area contributed by atoms with Crippen molar-refractivity contribution in [1.29, 1.82) is 0 Å². The van der Waals surface area contributed by atoms with Crippen LogP contribution in [0, 0.1) is 0 Å². The average molecular weight is 521 g/mol. The minimum Gasteiger partial charge on any atom is -0.333 e. The second-order valence-electron chi connectivity index (χ2n) is 13.4. The monoisotopic (exact) mass is 520 g/mol. The lowest BCUT2D eigenvalue weighted by Gasteiger charge is -2.44. The van der Waals surface area contributed by atoms with Crippen molar-refractivity contribution in [1.82, 2.24) is 15.5 Å². The molecule has 0 aromatic heterocycles. The quantitative estimate of drug-likeness (QED) is 0.286. The van der Waals surface area contributed by atoms with Crippen molar-refractivity contribution in [3.63, 3.8) is 0 Å². The smallest absolute Gasteiger partial charge is 0.326 e. The predicted octanol–water partition coefficient (Wildman–Crippen LogP) is 4.56. The molecule has 2 N–H and O–H groups in total. The third-order valence-corrected chi connectivity index (χ3v) is 5.56. The van der Waals surface area contributed by atoms with Gasteiger partial charge >= 0.3 is 12.1 Å². The van der Waals surface area contributed by atoms with Gasteiger partial charge in [0, 0.05) is 11.1 Å². The van der Waals surface area contributed by atoms with Crippen LogP contribution < -0.4 is 10.6 Å². The number of carbonyl (C=O) groups excluding carboxylic acids is 5. The number of urea groups is 2. The summed E-state index contributed by atoms with van der Waals surface area (Å²) in [5.41, 5.74) is -5.32. The van der Waals surface area contributed by atoms with E-state index in [0.29, 0.717) is 12.8 Å². The molecule has 0 bridgehead atoms. The molecule has 0 radical (unpaired) electrons. The van der Waals surface area contributed by atoms with Gasteiger partial charge in [-0.3, -0.25) is 0 Å². The molecule has 37 heavy (non-hydrogen) atoms. The van der Waals surface area contributed by atoms with E-state index >= 15 is 0 Å². The van der Waals surface area contributed by atoms with Crippen LogP contribution in [0.5, 0.6) is 0 Å². The molecule has 0 aromatic carbocycles. The van der Waals surface area contributed by atoms with Gasteiger partial charge in [-0.25, -0.2) is 28.9 Å². The Labute approximate surface area is 220 Å². The molecule has 0 saturated heterocycles. The molecular formula is C26H44N6O5. The van der Waals surface area contributed by atoms with Crippen molar-refractivity contribution >= 4 is 30.3 Å². The number of amides is 4. The molecule has 0 saturated carbocycles. The lowest BCUT2D eigenvalue weighted by molar-refractivity contribution is 0.113. The van der Waals surface area contributed by atoms with Crippen molar-refractivity contribution in [2.45, 2.75) is 136 Å². The Morgan fingerprint density at radius 3 is 1.11 bits per heavy atom. The maximum Gasteiger partial charge on any atom is 0.326 e. The van der Waals surface area contributed by atoms with Gasteiger partial charge in [-0.2, -0.15) is 15.0 Å². The number of nitrogens with one attached hydrogen (secondary N) is 2. The number of nitrogens with zero attached hydrogens (tertiary/aromatic N) is 4. The molecule has 0 aliphatic rings. The summed E-state index contributed by atoms with van der Waals surface area (Å²) in [6, 6.07) is -1.35. The van der Waals surface area contributed by atoms with Gasteiger partial charge in [-0.05, 0) is 102 Å². The Kier molecular flexibility index (Phi) is 10.9. The van der Waals surface area contributed by atoms with Gasteiger partial charge in [0.15, 0.2) is 0 Å². The number of isocyanates is 3. The van der Waals surface area contributed by atoms with E-state index in [9.17, 15) is 24.0 Å². The summed E-state index contributed by atoms with van der Waals surface area (Å²) in [4.78, 5) is 72.5. The summed E-state index contributed by atoms with van der Waals surface area (Å²) in [7, 11) is 0. The number of rotatable bonds is 12. The highest BCUT2D eigenvalue weighted by Crippen LogP contribution is 2.31. The van der Waals surface area contributed by atoms with Crippen LogP contribution in [0.1, 0.15) is 102 Å². The second-order valence-corrected chi connectivity index (χ2v) is 13.4. The summed E-state index contributed by atoms with van der Waals surface area (Å²) in [6.45, 7) is 20.9. The van der Waals surface area contributed by atoms with Crippen LogP contribution in [-0.2, 0) is 14.4 Å². The van der Waals surface area contributed by atoms with E-state index in [1.165, 1.54) is 0 Å². The van der Waals surface area contributed by atoms with Crippen molar-refractivity contribution < 1.29 is 24.0 Å². The third kappa shape index (κ3) is 12.1. The van der Waals surface area contributed by atoms with Gasteiger partial charge in [0.1, 0.15) is 0 Å². The molecule has 0 aliphatic carbocycles. The number of imide groups is 1. The van der Waals surface area contributed by atoms with Crippen LogP contribution in [0.4, 0.5) is 9.59 Å². The van der Waals surface area contributed by atoms with E-state index in [1.54, 1.807) is 101 Å². The van der Waals surface area contributed by atoms with Gasteiger partial charge in [-0.1, -0.05) is 0 Å². The molecule has 11 heteroatoms. The van der Waals surface area contributed by atoms with E-state index in [2.05, 4.69) is 25.6 Å². The normalized spacial score (nSPS) is 12.9. The van der Waals surface area contributed by atoms with Crippen molar-refractivity contribution in [2.24, 2.45) is 15.0 Å². The molecule has 0 spiro atoms. The predicted molar refractivity (Wildman–Crippen MR) is 142 cm³/mol. The van der Waals surface area contributed by atoms with Crippen LogP contribution in [0.3, 0.4) is 0 Å². The Bertz CT molecular complexity index is 935. The number of aliphatic imine (C=N–C) groups is 3. The van der Waals surface area contributed by atoms with E-state index in [4.69, 9.17) is 0 Å². The van der Waals surface area contributed by atoms with Crippen LogP contribution in [0.25, 0.3) is 0 Å². The Balaban J connectivity index is 6.34. The Hall–Kier alpha value is -3.12. The lowest BCUT2D eigenvalue weighted by atomic mass is 9.85. The van der Waals surface area contributed by atoms with Gasteiger partial charge in [0.2, 0.25) is 18.2 Å². The van der Waals surface area contributed by atoms with Gasteiger partial charge in [0.25, 0.3) is 0 Å². The van der Waals surface area contributed by atoms with Crippen LogP contribution in [0.2, 0.25) is 0 Å². The first-order chi connectivity index (χ1) is 16.4. The zero-order valence-electron chi connectivity index (χ0n) is 24.5. The summed E-state index contributed by atoms with van der Waals surface area (Å²) in [5, 5.41) is 5.78. The first kappa shape index (κ1) is 33.9. The van der Waals surface area contributed by atoms with E-state index in [-0.39, 0.29) is 6.42 Å². The number of hydrogen-bond donors (Lipinski definition) is 2. The fraction of sp³-hybridized carbons (Fsp3) is 0.808. The fourth-order valence-electron chi connectivity index (χ4n) is 5.21. The molecular weight excluding hydrogens is 476 g/mol. The van der Waals surface area contributed by atoms with E-state index < -0.39 is 45.3 Å². The SMILES string of the molecule is CC(C)(CC(C)(C)NC(=O)N(C(=O)NC(C)(C)CC(C)(C)N=C=O)C(C)(C)CC(C)(C)N=C=O)N=C=O. The highest BCUT2D eigenvalue weighted by atomic mass is 16.2. The highest BCUT2D eigenvalue weighted by molar-refractivity contribution is 5.95. The zero-order chi connectivity index (χ0) is 29.5. The zero-order valence-corrected chi connectivity index (χ0v) is 24.5. The minimum absolute atomic E-state index is 0.165. The first-order valence-corrected chi connectivity index (χ1v) is 12.2. The second kappa shape index (κ2) is 12.0. The van der Waals surface area contributed by atoms with Crippen LogP contribution >= 0.6 is 0 Å². The molecule has 0 aliphatic heterocycles. The molecule has 0 aromatic rings. The van der Waals surface area contributed by atoms with Crippen molar-refractivity contribution in [3.05, 3.63) is 0 Å². The van der Waals surface area contributed by atoms with E-state index in [0.717, 1.165) is 4.90 Å². The van der Waals surface area contributed by atoms with Gasteiger partial charge in [-0.15, -0.1) is 0 Å². The molecule has 0 fully saturated rings. The number of hydrogen-bond acceptors (Lipinski definition) is 8. The largest absolute Gasteiger partial charge is 0.333 e. The van der Waals surface area contributed by atoms with E-state index in [1.807, 2.05) is 0 Å². The Morgan fingerprint density at radius 1 is 0.568 bits per heavy atom. The first-order valence-electron chi connectivity index (χ1n) is 12.2. The maximum atomic E-state index is 13.7. The summed E-state index contributed by atoms with van der Waals surface area (Å²) in [6.07, 6.45) is 5.41. The van der Waals surface area contributed by atoms with Crippen LogP contribution in [-0.4, -0.2) is 68.4 Å². The summed E-state index contributed by atoms with van der Waals surface area (Å²) < 4.78 is 0. The molecule has 4 amide bonds. The summed E-state index contributed by atoms with van der Waals surface area (Å²) >= 11 is 0. The van der Waals surface area contributed by atoms with Gasteiger partial charge < -0.3 is 10.6 Å². The molecule has 0 heterocycles. The molecule has 208 valence electrons. The topological polar surface area (TPSA) is 150 Å². The number of carbonyl (C=O) groups is 2. The molecule has 0 atom stereocenters.